The maximum absolute atomic E-state index is 12.6. The fourth-order valence-corrected chi connectivity index (χ4v) is 4.34. The standard InChI is InChI=1S/C17H15N3O3S2/c21-16(12-3-8-23-10-12)19-4-6-20(7-5-19)17(22)13-11-25-15(18-13)14-2-1-9-24-14/h1-3,8-11H,4-7H2. The van der Waals surface area contributed by atoms with E-state index in [2.05, 4.69) is 4.98 Å². The normalized spacial score (nSPS) is 14.7. The molecule has 3 aromatic heterocycles. The van der Waals surface area contributed by atoms with E-state index in [1.54, 1.807) is 32.6 Å². The summed E-state index contributed by atoms with van der Waals surface area (Å²) in [5, 5.41) is 4.67. The van der Waals surface area contributed by atoms with Crippen molar-refractivity contribution < 1.29 is 14.0 Å². The van der Waals surface area contributed by atoms with Gasteiger partial charge < -0.3 is 14.2 Å². The second kappa shape index (κ2) is 6.81. The molecular weight excluding hydrogens is 358 g/mol. The van der Waals surface area contributed by atoms with Crippen molar-refractivity contribution in [3.63, 3.8) is 0 Å². The van der Waals surface area contributed by atoms with Gasteiger partial charge in [-0.2, -0.15) is 0 Å². The summed E-state index contributed by atoms with van der Waals surface area (Å²) < 4.78 is 4.96. The summed E-state index contributed by atoms with van der Waals surface area (Å²) in [6, 6.07) is 5.62. The number of furan rings is 1. The fourth-order valence-electron chi connectivity index (χ4n) is 2.73. The Morgan fingerprint density at radius 2 is 1.80 bits per heavy atom. The van der Waals surface area contributed by atoms with Crippen molar-refractivity contribution in [3.05, 3.63) is 52.7 Å². The molecule has 0 radical (unpaired) electrons. The number of thiazole rings is 1. The van der Waals surface area contributed by atoms with Crippen LogP contribution in [0.25, 0.3) is 9.88 Å². The van der Waals surface area contributed by atoms with Crippen LogP contribution in [0, 0.1) is 0 Å². The van der Waals surface area contributed by atoms with E-state index in [1.165, 1.54) is 23.9 Å². The molecule has 0 unspecified atom stereocenters. The summed E-state index contributed by atoms with van der Waals surface area (Å²) in [6.07, 6.45) is 2.93. The summed E-state index contributed by atoms with van der Waals surface area (Å²) in [5.41, 5.74) is 1.02. The van der Waals surface area contributed by atoms with Gasteiger partial charge in [-0.25, -0.2) is 4.98 Å². The summed E-state index contributed by atoms with van der Waals surface area (Å²) in [4.78, 5) is 34.0. The lowest BCUT2D eigenvalue weighted by atomic mass is 10.2. The van der Waals surface area contributed by atoms with Crippen LogP contribution in [0.4, 0.5) is 0 Å². The second-order valence-corrected chi connectivity index (χ2v) is 7.42. The molecule has 1 saturated heterocycles. The third-order valence-corrected chi connectivity index (χ3v) is 5.96. The Hall–Kier alpha value is -2.45. The van der Waals surface area contributed by atoms with E-state index in [1.807, 2.05) is 17.5 Å². The topological polar surface area (TPSA) is 66.7 Å². The number of carbonyl (C=O) groups excluding carboxylic acids is 2. The van der Waals surface area contributed by atoms with Crippen LogP contribution in [-0.4, -0.2) is 52.8 Å². The fraction of sp³-hybridized carbons (Fsp3) is 0.235. The molecule has 1 aliphatic heterocycles. The molecule has 4 heterocycles. The zero-order valence-corrected chi connectivity index (χ0v) is 14.9. The van der Waals surface area contributed by atoms with Crippen LogP contribution in [0.5, 0.6) is 0 Å². The molecule has 0 saturated carbocycles. The Morgan fingerprint density at radius 1 is 1.04 bits per heavy atom. The van der Waals surface area contributed by atoms with E-state index in [0.29, 0.717) is 37.4 Å². The number of hydrogen-bond acceptors (Lipinski definition) is 6. The van der Waals surface area contributed by atoms with E-state index < -0.39 is 0 Å². The predicted octanol–water partition coefficient (Wildman–Crippen LogP) is 3.06. The van der Waals surface area contributed by atoms with E-state index >= 15 is 0 Å². The minimum Gasteiger partial charge on any atom is -0.472 e. The van der Waals surface area contributed by atoms with Crippen LogP contribution in [-0.2, 0) is 0 Å². The third-order valence-electron chi connectivity index (χ3n) is 4.08. The Labute approximate surface area is 152 Å². The van der Waals surface area contributed by atoms with Gasteiger partial charge in [0.1, 0.15) is 17.0 Å². The van der Waals surface area contributed by atoms with Gasteiger partial charge >= 0.3 is 0 Å². The van der Waals surface area contributed by atoms with E-state index in [0.717, 1.165) is 9.88 Å². The van der Waals surface area contributed by atoms with Gasteiger partial charge in [-0.05, 0) is 17.5 Å². The van der Waals surface area contributed by atoms with Crippen LogP contribution in [0.15, 0.2) is 45.9 Å². The smallest absolute Gasteiger partial charge is 0.273 e. The first-order valence-corrected chi connectivity index (χ1v) is 9.58. The van der Waals surface area contributed by atoms with Crippen molar-refractivity contribution in [2.24, 2.45) is 0 Å². The van der Waals surface area contributed by atoms with Crippen molar-refractivity contribution in [1.29, 1.82) is 0 Å². The highest BCUT2D eigenvalue weighted by molar-refractivity contribution is 7.20. The van der Waals surface area contributed by atoms with Gasteiger partial charge in [0, 0.05) is 31.6 Å². The first-order chi connectivity index (χ1) is 12.2. The highest BCUT2D eigenvalue weighted by atomic mass is 32.1. The van der Waals surface area contributed by atoms with Crippen LogP contribution in [0.2, 0.25) is 0 Å². The molecule has 0 spiro atoms. The summed E-state index contributed by atoms with van der Waals surface area (Å²) in [7, 11) is 0. The second-order valence-electron chi connectivity index (χ2n) is 5.61. The molecule has 1 aliphatic rings. The zero-order chi connectivity index (χ0) is 17.2. The largest absolute Gasteiger partial charge is 0.472 e. The summed E-state index contributed by atoms with van der Waals surface area (Å²) >= 11 is 3.09. The Kier molecular flexibility index (Phi) is 4.37. The van der Waals surface area contributed by atoms with Crippen LogP contribution >= 0.6 is 22.7 Å². The molecule has 0 aliphatic carbocycles. The lowest BCUT2D eigenvalue weighted by Gasteiger charge is -2.34. The SMILES string of the molecule is O=C(c1ccoc1)N1CCN(C(=O)c2csc(-c3cccs3)n2)CC1. The lowest BCUT2D eigenvalue weighted by Crippen LogP contribution is -2.50. The summed E-state index contributed by atoms with van der Waals surface area (Å²) in [6.45, 7) is 2.04. The van der Waals surface area contributed by atoms with E-state index in [9.17, 15) is 9.59 Å². The quantitative estimate of drug-likeness (QED) is 0.708. The van der Waals surface area contributed by atoms with Gasteiger partial charge in [-0.3, -0.25) is 9.59 Å². The van der Waals surface area contributed by atoms with E-state index in [-0.39, 0.29) is 11.8 Å². The molecule has 4 rings (SSSR count). The minimum atomic E-state index is -0.0746. The maximum Gasteiger partial charge on any atom is 0.273 e. The molecule has 0 N–H and O–H groups in total. The zero-order valence-electron chi connectivity index (χ0n) is 13.3. The molecule has 128 valence electrons. The predicted molar refractivity (Wildman–Crippen MR) is 95.9 cm³/mol. The average Bonchev–Trinajstić information content (AvgIpc) is 3.42. The first-order valence-electron chi connectivity index (χ1n) is 7.82. The molecule has 0 aromatic carbocycles. The number of piperazine rings is 1. The molecule has 0 bridgehead atoms. The Balaban J connectivity index is 1.39. The number of thiophene rings is 1. The van der Waals surface area contributed by atoms with E-state index in [4.69, 9.17) is 4.42 Å². The Bertz CT molecular complexity index is 863. The molecule has 1 fully saturated rings. The van der Waals surface area contributed by atoms with Gasteiger partial charge in [-0.15, -0.1) is 22.7 Å². The van der Waals surface area contributed by atoms with Crippen molar-refractivity contribution in [2.75, 3.05) is 26.2 Å². The van der Waals surface area contributed by atoms with Gasteiger partial charge in [0.15, 0.2) is 0 Å². The lowest BCUT2D eigenvalue weighted by molar-refractivity contribution is 0.0532. The third kappa shape index (κ3) is 3.22. The van der Waals surface area contributed by atoms with Gasteiger partial charge in [-0.1, -0.05) is 6.07 Å². The molecule has 25 heavy (non-hydrogen) atoms. The minimum absolute atomic E-state index is 0.0607. The van der Waals surface area contributed by atoms with Gasteiger partial charge in [0.25, 0.3) is 11.8 Å². The highest BCUT2D eigenvalue weighted by Crippen LogP contribution is 2.28. The molecular formula is C17H15N3O3S2. The van der Waals surface area contributed by atoms with Gasteiger partial charge in [0.2, 0.25) is 0 Å². The molecule has 2 amide bonds. The monoisotopic (exact) mass is 373 g/mol. The van der Waals surface area contributed by atoms with Gasteiger partial charge in [0.05, 0.1) is 16.7 Å². The number of nitrogens with zero attached hydrogens (tertiary/aromatic N) is 3. The maximum atomic E-state index is 12.6. The molecule has 0 atom stereocenters. The van der Waals surface area contributed by atoms with Crippen LogP contribution < -0.4 is 0 Å². The molecule has 6 nitrogen and oxygen atoms in total. The van der Waals surface area contributed by atoms with Crippen molar-refractivity contribution in [3.8, 4) is 9.88 Å². The average molecular weight is 373 g/mol. The van der Waals surface area contributed by atoms with Crippen LogP contribution in [0.3, 0.4) is 0 Å². The van der Waals surface area contributed by atoms with Crippen molar-refractivity contribution in [2.45, 2.75) is 0 Å². The number of rotatable bonds is 3. The molecule has 8 heteroatoms. The first kappa shape index (κ1) is 16.0. The molecule has 3 aromatic rings. The number of aromatic nitrogens is 1. The number of amides is 2. The number of hydrogen-bond donors (Lipinski definition) is 0. The van der Waals surface area contributed by atoms with Crippen LogP contribution in [0.1, 0.15) is 20.8 Å². The Morgan fingerprint density at radius 3 is 2.44 bits per heavy atom. The summed E-state index contributed by atoms with van der Waals surface area (Å²) in [5.74, 6) is -0.135. The highest BCUT2D eigenvalue weighted by Gasteiger charge is 2.27. The van der Waals surface area contributed by atoms with Crippen molar-refractivity contribution in [1.82, 2.24) is 14.8 Å². The van der Waals surface area contributed by atoms with Crippen molar-refractivity contribution >= 4 is 34.5 Å². The number of carbonyl (C=O) groups is 2.